The molecule has 26 heavy (non-hydrogen) atoms. The van der Waals surface area contributed by atoms with Crippen molar-refractivity contribution >= 4 is 11.8 Å². The number of piperazine rings is 1. The molecule has 2 amide bonds. The zero-order valence-corrected chi connectivity index (χ0v) is 15.7. The summed E-state index contributed by atoms with van der Waals surface area (Å²) < 4.78 is 0. The highest BCUT2D eigenvalue weighted by atomic mass is 16.2. The molecular weight excluding hydrogens is 326 g/mol. The number of hydrogen-bond acceptors (Lipinski definition) is 4. The molecule has 0 unspecified atom stereocenters. The van der Waals surface area contributed by atoms with Gasteiger partial charge in [-0.1, -0.05) is 37.1 Å². The minimum absolute atomic E-state index is 0.0291. The van der Waals surface area contributed by atoms with E-state index >= 15 is 0 Å². The summed E-state index contributed by atoms with van der Waals surface area (Å²) in [6.45, 7) is 7.43. The molecular formula is C21H29N3O2. The zero-order chi connectivity index (χ0) is 18.1. The van der Waals surface area contributed by atoms with Crippen LogP contribution >= 0.6 is 0 Å². The summed E-state index contributed by atoms with van der Waals surface area (Å²) >= 11 is 0. The van der Waals surface area contributed by atoms with E-state index in [2.05, 4.69) is 41.0 Å². The Morgan fingerprint density at radius 1 is 0.885 bits per heavy atom. The van der Waals surface area contributed by atoms with Gasteiger partial charge in [0.05, 0.1) is 18.5 Å². The summed E-state index contributed by atoms with van der Waals surface area (Å²) in [4.78, 5) is 31.6. The van der Waals surface area contributed by atoms with Gasteiger partial charge >= 0.3 is 0 Å². The van der Waals surface area contributed by atoms with Gasteiger partial charge in [-0.2, -0.15) is 0 Å². The van der Waals surface area contributed by atoms with Crippen LogP contribution < -0.4 is 0 Å². The van der Waals surface area contributed by atoms with Gasteiger partial charge in [0.25, 0.3) is 0 Å². The second-order valence-corrected chi connectivity index (χ2v) is 8.06. The predicted molar refractivity (Wildman–Crippen MR) is 100 cm³/mol. The third-order valence-electron chi connectivity index (χ3n) is 6.39. The molecule has 140 valence electrons. The fourth-order valence-corrected chi connectivity index (χ4v) is 4.69. The highest BCUT2D eigenvalue weighted by molar-refractivity contribution is 6.05. The largest absolute Gasteiger partial charge is 0.297 e. The number of carbonyl (C=O) groups excluding carboxylic acids is 2. The maximum absolute atomic E-state index is 12.6. The Hall–Kier alpha value is -1.72. The summed E-state index contributed by atoms with van der Waals surface area (Å²) in [5, 5.41) is 0. The molecule has 1 saturated carbocycles. The van der Waals surface area contributed by atoms with Crippen LogP contribution in [0.2, 0.25) is 0 Å². The standard InChI is InChI=1S/C21H29N3O2/c1-16-6-2-3-7-17(16)14-22-10-12-23(13-11-22)15-24-20(25)18-8-4-5-9-19(18)21(24)26/h2-3,6-7,18-19H,4-5,8-15H2,1H3/t18-,19-/m0/s1. The zero-order valence-electron chi connectivity index (χ0n) is 15.7. The van der Waals surface area contributed by atoms with E-state index in [4.69, 9.17) is 0 Å². The average Bonchev–Trinajstić information content (AvgIpc) is 2.90. The van der Waals surface area contributed by atoms with E-state index in [0.29, 0.717) is 6.67 Å². The summed E-state index contributed by atoms with van der Waals surface area (Å²) in [6.07, 6.45) is 3.98. The summed E-state index contributed by atoms with van der Waals surface area (Å²) in [5.74, 6) is 0.112. The van der Waals surface area contributed by atoms with Crippen molar-refractivity contribution in [3.8, 4) is 0 Å². The fraction of sp³-hybridized carbons (Fsp3) is 0.619. The number of nitrogens with zero attached hydrogens (tertiary/aromatic N) is 3. The van der Waals surface area contributed by atoms with Crippen LogP contribution in [0.5, 0.6) is 0 Å². The topological polar surface area (TPSA) is 43.9 Å². The molecule has 1 aliphatic carbocycles. The quantitative estimate of drug-likeness (QED) is 0.777. The summed E-state index contributed by atoms with van der Waals surface area (Å²) in [6, 6.07) is 8.54. The first kappa shape index (κ1) is 17.7. The van der Waals surface area contributed by atoms with Crippen LogP contribution in [-0.4, -0.2) is 59.4 Å². The monoisotopic (exact) mass is 355 g/mol. The van der Waals surface area contributed by atoms with Crippen molar-refractivity contribution in [1.29, 1.82) is 0 Å². The predicted octanol–water partition coefficient (Wildman–Crippen LogP) is 2.25. The van der Waals surface area contributed by atoms with Crippen LogP contribution in [0.4, 0.5) is 0 Å². The molecule has 3 aliphatic rings. The molecule has 2 aliphatic heterocycles. The van der Waals surface area contributed by atoms with Crippen LogP contribution in [0.3, 0.4) is 0 Å². The summed E-state index contributed by atoms with van der Waals surface area (Å²) in [7, 11) is 0. The number of rotatable bonds is 4. The molecule has 4 rings (SSSR count). The van der Waals surface area contributed by atoms with Gasteiger partial charge < -0.3 is 0 Å². The third kappa shape index (κ3) is 3.42. The van der Waals surface area contributed by atoms with Gasteiger partial charge in [0.15, 0.2) is 0 Å². The van der Waals surface area contributed by atoms with E-state index in [-0.39, 0.29) is 23.7 Å². The first-order valence-electron chi connectivity index (χ1n) is 9.98. The second-order valence-electron chi connectivity index (χ2n) is 8.06. The second kappa shape index (κ2) is 7.49. The van der Waals surface area contributed by atoms with Gasteiger partial charge in [-0.05, 0) is 30.9 Å². The minimum atomic E-state index is -0.0291. The lowest BCUT2D eigenvalue weighted by atomic mass is 9.81. The Bertz CT molecular complexity index is 658. The van der Waals surface area contributed by atoms with Crippen molar-refractivity contribution in [1.82, 2.24) is 14.7 Å². The fourth-order valence-electron chi connectivity index (χ4n) is 4.69. The van der Waals surface area contributed by atoms with Crippen molar-refractivity contribution in [2.45, 2.75) is 39.2 Å². The van der Waals surface area contributed by atoms with Gasteiger partial charge in [-0.25, -0.2) is 0 Å². The van der Waals surface area contributed by atoms with E-state index in [0.717, 1.165) is 58.4 Å². The molecule has 1 aromatic carbocycles. The molecule has 2 saturated heterocycles. The van der Waals surface area contributed by atoms with Gasteiger partial charge in [0.1, 0.15) is 0 Å². The molecule has 0 spiro atoms. The van der Waals surface area contributed by atoms with Crippen LogP contribution in [0, 0.1) is 18.8 Å². The van der Waals surface area contributed by atoms with E-state index in [1.54, 1.807) is 4.90 Å². The SMILES string of the molecule is Cc1ccccc1CN1CCN(CN2C(=O)[C@H]3CCCC[C@@H]3C2=O)CC1. The number of hydrogen-bond donors (Lipinski definition) is 0. The van der Waals surface area contributed by atoms with Gasteiger partial charge in [-0.3, -0.25) is 24.3 Å². The van der Waals surface area contributed by atoms with E-state index in [1.807, 2.05) is 0 Å². The normalized spacial score (nSPS) is 27.8. The van der Waals surface area contributed by atoms with E-state index in [9.17, 15) is 9.59 Å². The highest BCUT2D eigenvalue weighted by Gasteiger charge is 2.48. The smallest absolute Gasteiger partial charge is 0.234 e. The maximum Gasteiger partial charge on any atom is 0.234 e. The number of fused-ring (bicyclic) bond motifs is 1. The number of carbonyl (C=O) groups is 2. The van der Waals surface area contributed by atoms with Crippen molar-refractivity contribution in [3.63, 3.8) is 0 Å². The Balaban J connectivity index is 1.31. The average molecular weight is 355 g/mol. The maximum atomic E-state index is 12.6. The van der Waals surface area contributed by atoms with Crippen molar-refractivity contribution in [2.75, 3.05) is 32.8 Å². The molecule has 0 N–H and O–H groups in total. The lowest BCUT2D eigenvalue weighted by Gasteiger charge is -2.36. The molecule has 1 aromatic rings. The Morgan fingerprint density at radius 2 is 1.46 bits per heavy atom. The minimum Gasteiger partial charge on any atom is -0.297 e. The Labute approximate surface area is 155 Å². The number of amides is 2. The number of aryl methyl sites for hydroxylation is 1. The van der Waals surface area contributed by atoms with Crippen LogP contribution in [0.15, 0.2) is 24.3 Å². The Kier molecular flexibility index (Phi) is 5.09. The molecule has 2 atom stereocenters. The molecule has 5 nitrogen and oxygen atoms in total. The van der Waals surface area contributed by atoms with E-state index in [1.165, 1.54) is 11.1 Å². The highest BCUT2D eigenvalue weighted by Crippen LogP contribution is 2.38. The molecule has 2 heterocycles. The van der Waals surface area contributed by atoms with Gasteiger partial charge in [0.2, 0.25) is 11.8 Å². The molecule has 0 aromatic heterocycles. The van der Waals surface area contributed by atoms with Gasteiger partial charge in [-0.15, -0.1) is 0 Å². The summed E-state index contributed by atoms with van der Waals surface area (Å²) in [5.41, 5.74) is 2.72. The van der Waals surface area contributed by atoms with Crippen molar-refractivity contribution in [2.24, 2.45) is 11.8 Å². The molecule has 3 fully saturated rings. The van der Waals surface area contributed by atoms with Crippen LogP contribution in [0.25, 0.3) is 0 Å². The third-order valence-corrected chi connectivity index (χ3v) is 6.39. The van der Waals surface area contributed by atoms with Crippen molar-refractivity contribution in [3.05, 3.63) is 35.4 Å². The first-order valence-corrected chi connectivity index (χ1v) is 9.98. The molecule has 0 bridgehead atoms. The number of benzene rings is 1. The lowest BCUT2D eigenvalue weighted by Crippen LogP contribution is -2.51. The van der Waals surface area contributed by atoms with Gasteiger partial charge in [0, 0.05) is 32.7 Å². The number of likely N-dealkylation sites (tertiary alicyclic amines) is 1. The molecule has 5 heteroatoms. The lowest BCUT2D eigenvalue weighted by molar-refractivity contribution is -0.142. The van der Waals surface area contributed by atoms with Crippen LogP contribution in [0.1, 0.15) is 36.8 Å². The van der Waals surface area contributed by atoms with Crippen molar-refractivity contribution < 1.29 is 9.59 Å². The Morgan fingerprint density at radius 3 is 2.08 bits per heavy atom. The van der Waals surface area contributed by atoms with Crippen LogP contribution in [-0.2, 0) is 16.1 Å². The molecule has 0 radical (unpaired) electrons. The first-order chi connectivity index (χ1) is 12.6. The number of imide groups is 1. The van der Waals surface area contributed by atoms with E-state index < -0.39 is 0 Å².